The van der Waals surface area contributed by atoms with Crippen LogP contribution in [0.5, 0.6) is 0 Å². The molecule has 0 unspecified atom stereocenters. The molecule has 0 spiro atoms. The van der Waals surface area contributed by atoms with Crippen molar-refractivity contribution in [3.63, 3.8) is 0 Å². The van der Waals surface area contributed by atoms with Crippen molar-refractivity contribution in [2.45, 2.75) is 41.5 Å². The van der Waals surface area contributed by atoms with Crippen molar-refractivity contribution in [1.29, 1.82) is 0 Å². The quantitative estimate of drug-likeness (QED) is 0.493. The normalized spacial score (nSPS) is 10.9. The molecule has 0 atom stereocenters. The van der Waals surface area contributed by atoms with Gasteiger partial charge in [0.1, 0.15) is 0 Å². The Labute approximate surface area is 177 Å². The third-order valence-electron chi connectivity index (χ3n) is 4.72. The number of anilines is 1. The van der Waals surface area contributed by atoms with Crippen molar-refractivity contribution in [2.24, 2.45) is 0 Å². The van der Waals surface area contributed by atoms with E-state index in [1.165, 1.54) is 33.4 Å². The number of allylic oxidation sites excluding steroid dienone is 6. The second-order valence-corrected chi connectivity index (χ2v) is 7.34. The monoisotopic (exact) mass is 385 g/mol. The molecule has 2 aromatic rings. The Kier molecular flexibility index (Phi) is 9.68. The molecule has 29 heavy (non-hydrogen) atoms. The van der Waals surface area contributed by atoms with Gasteiger partial charge in [-0.1, -0.05) is 79.4 Å². The summed E-state index contributed by atoms with van der Waals surface area (Å²) >= 11 is 0. The van der Waals surface area contributed by atoms with Crippen molar-refractivity contribution in [3.8, 4) is 0 Å². The molecule has 0 aliphatic heterocycles. The summed E-state index contributed by atoms with van der Waals surface area (Å²) in [6, 6.07) is 12.8. The highest BCUT2D eigenvalue weighted by atomic mass is 14.9. The van der Waals surface area contributed by atoms with Crippen LogP contribution in [0.25, 0.3) is 5.70 Å². The van der Waals surface area contributed by atoms with Gasteiger partial charge in [0.05, 0.1) is 0 Å². The zero-order chi connectivity index (χ0) is 22.0. The molecule has 1 N–H and O–H groups in total. The SMILES string of the molecule is C=C(Nc1ccc(C)c(C)c1)c1ccc(C)cc1C.C=C/C=C\C(=C/C)C(=C)C. The minimum Gasteiger partial charge on any atom is -0.356 e. The summed E-state index contributed by atoms with van der Waals surface area (Å²) in [5.41, 5.74) is 10.6. The van der Waals surface area contributed by atoms with Crippen molar-refractivity contribution in [3.05, 3.63) is 119 Å². The molecule has 0 heterocycles. The predicted octanol–water partition coefficient (Wildman–Crippen LogP) is 8.25. The van der Waals surface area contributed by atoms with Crippen molar-refractivity contribution in [1.82, 2.24) is 0 Å². The van der Waals surface area contributed by atoms with E-state index >= 15 is 0 Å². The lowest BCUT2D eigenvalue weighted by atomic mass is 10.0. The summed E-state index contributed by atoms with van der Waals surface area (Å²) in [6.07, 6.45) is 7.69. The zero-order valence-corrected chi connectivity index (χ0v) is 18.9. The van der Waals surface area contributed by atoms with Crippen LogP contribution in [0.2, 0.25) is 0 Å². The van der Waals surface area contributed by atoms with E-state index in [1.54, 1.807) is 6.08 Å². The minimum absolute atomic E-state index is 0.945. The van der Waals surface area contributed by atoms with Crippen molar-refractivity contribution >= 4 is 11.4 Å². The van der Waals surface area contributed by atoms with Crippen LogP contribution in [0.3, 0.4) is 0 Å². The van der Waals surface area contributed by atoms with Crippen LogP contribution in [0.15, 0.2) is 91.6 Å². The summed E-state index contributed by atoms with van der Waals surface area (Å²) < 4.78 is 0. The smallest absolute Gasteiger partial charge is 0.0387 e. The largest absolute Gasteiger partial charge is 0.356 e. The molecule has 0 saturated heterocycles. The van der Waals surface area contributed by atoms with Crippen molar-refractivity contribution in [2.75, 3.05) is 5.32 Å². The third-order valence-corrected chi connectivity index (χ3v) is 4.72. The Bertz CT molecular complexity index is 939. The molecular formula is C28H35N. The first-order chi connectivity index (χ1) is 13.7. The summed E-state index contributed by atoms with van der Waals surface area (Å²) in [5, 5.41) is 3.39. The van der Waals surface area contributed by atoms with E-state index < -0.39 is 0 Å². The molecule has 152 valence electrons. The average Bonchev–Trinajstić information content (AvgIpc) is 2.65. The van der Waals surface area contributed by atoms with Gasteiger partial charge in [0, 0.05) is 16.9 Å². The van der Waals surface area contributed by atoms with E-state index in [1.807, 2.05) is 32.1 Å². The van der Waals surface area contributed by atoms with Gasteiger partial charge in [-0.05, 0) is 75.9 Å². The highest BCUT2D eigenvalue weighted by Gasteiger charge is 2.04. The average molecular weight is 386 g/mol. The van der Waals surface area contributed by atoms with Crippen LogP contribution in [0.1, 0.15) is 41.7 Å². The maximum Gasteiger partial charge on any atom is 0.0387 e. The van der Waals surface area contributed by atoms with Crippen LogP contribution in [0, 0.1) is 27.7 Å². The molecule has 0 aliphatic carbocycles. The maximum atomic E-state index is 4.15. The molecule has 0 fully saturated rings. The van der Waals surface area contributed by atoms with E-state index in [2.05, 4.69) is 89.1 Å². The summed E-state index contributed by atoms with van der Waals surface area (Å²) in [5.74, 6) is 0. The standard InChI is InChI=1S/C18H21N.C10H14/c1-12-6-9-18(15(4)10-12)16(5)19-17-8-7-13(2)14(3)11-17;1-5-7-8-10(6-2)9(3)4/h6-11,19H,5H2,1-4H3;5-8H,1,3H2,2,4H3/b;8-7-,10-6+. The van der Waals surface area contributed by atoms with E-state index in [4.69, 9.17) is 0 Å². The fourth-order valence-electron chi connectivity index (χ4n) is 2.87. The zero-order valence-electron chi connectivity index (χ0n) is 18.9. The van der Waals surface area contributed by atoms with Gasteiger partial charge in [-0.25, -0.2) is 0 Å². The fourth-order valence-corrected chi connectivity index (χ4v) is 2.87. The molecule has 2 aromatic carbocycles. The minimum atomic E-state index is 0.945. The van der Waals surface area contributed by atoms with Crippen LogP contribution in [-0.4, -0.2) is 0 Å². The number of hydrogen-bond donors (Lipinski definition) is 1. The lowest BCUT2D eigenvalue weighted by molar-refractivity contribution is 1.33. The Hall–Kier alpha value is -3.06. The molecule has 1 nitrogen and oxygen atoms in total. The van der Waals surface area contributed by atoms with Gasteiger partial charge in [0.25, 0.3) is 0 Å². The molecule has 0 aliphatic rings. The van der Waals surface area contributed by atoms with E-state index in [0.717, 1.165) is 17.0 Å². The lowest BCUT2D eigenvalue weighted by Gasteiger charge is -2.14. The van der Waals surface area contributed by atoms with E-state index in [0.29, 0.717) is 0 Å². The van der Waals surface area contributed by atoms with Gasteiger partial charge >= 0.3 is 0 Å². The Morgan fingerprint density at radius 3 is 2.10 bits per heavy atom. The number of rotatable bonds is 6. The first-order valence-electron chi connectivity index (χ1n) is 9.91. The molecule has 0 amide bonds. The van der Waals surface area contributed by atoms with Gasteiger partial charge in [0.15, 0.2) is 0 Å². The summed E-state index contributed by atoms with van der Waals surface area (Å²) in [4.78, 5) is 0. The topological polar surface area (TPSA) is 12.0 Å². The Morgan fingerprint density at radius 1 is 0.897 bits per heavy atom. The molecular weight excluding hydrogens is 350 g/mol. The van der Waals surface area contributed by atoms with Crippen LogP contribution in [-0.2, 0) is 0 Å². The first-order valence-corrected chi connectivity index (χ1v) is 9.91. The number of benzene rings is 2. The molecule has 0 aromatic heterocycles. The number of aryl methyl sites for hydroxylation is 4. The highest BCUT2D eigenvalue weighted by Crippen LogP contribution is 2.22. The Balaban J connectivity index is 0.000000359. The third kappa shape index (κ3) is 7.83. The van der Waals surface area contributed by atoms with Crippen LogP contribution in [0.4, 0.5) is 5.69 Å². The van der Waals surface area contributed by atoms with Gasteiger partial charge in [-0.3, -0.25) is 0 Å². The second kappa shape index (κ2) is 11.7. The van der Waals surface area contributed by atoms with Crippen LogP contribution >= 0.6 is 0 Å². The van der Waals surface area contributed by atoms with Gasteiger partial charge < -0.3 is 5.32 Å². The molecule has 0 bridgehead atoms. The highest BCUT2D eigenvalue weighted by molar-refractivity contribution is 5.77. The molecule has 1 heteroatoms. The van der Waals surface area contributed by atoms with E-state index in [9.17, 15) is 0 Å². The first kappa shape index (κ1) is 24.0. The molecule has 2 rings (SSSR count). The lowest BCUT2D eigenvalue weighted by Crippen LogP contribution is -2.00. The van der Waals surface area contributed by atoms with Gasteiger partial charge in [-0.15, -0.1) is 0 Å². The summed E-state index contributed by atoms with van der Waals surface area (Å²) in [7, 11) is 0. The Morgan fingerprint density at radius 2 is 1.59 bits per heavy atom. The predicted molar refractivity (Wildman–Crippen MR) is 132 cm³/mol. The van der Waals surface area contributed by atoms with Crippen LogP contribution < -0.4 is 5.32 Å². The van der Waals surface area contributed by atoms with Gasteiger partial charge in [-0.2, -0.15) is 0 Å². The second-order valence-electron chi connectivity index (χ2n) is 7.34. The number of nitrogens with one attached hydrogen (secondary N) is 1. The summed E-state index contributed by atoms with van der Waals surface area (Å²) in [6.45, 7) is 24.0. The van der Waals surface area contributed by atoms with Crippen molar-refractivity contribution < 1.29 is 0 Å². The maximum absolute atomic E-state index is 4.15. The number of hydrogen-bond acceptors (Lipinski definition) is 1. The fraction of sp³-hybridized carbons (Fsp3) is 0.214. The van der Waals surface area contributed by atoms with Gasteiger partial charge in [0.2, 0.25) is 0 Å². The molecule has 0 radical (unpaired) electrons. The van der Waals surface area contributed by atoms with E-state index in [-0.39, 0.29) is 0 Å². The molecule has 0 saturated carbocycles.